The van der Waals surface area contributed by atoms with Gasteiger partial charge >= 0.3 is 0 Å². The van der Waals surface area contributed by atoms with E-state index in [4.69, 9.17) is 15.0 Å². The lowest BCUT2D eigenvalue weighted by Gasteiger charge is -2.32. The predicted molar refractivity (Wildman–Crippen MR) is 201 cm³/mol. The van der Waals surface area contributed by atoms with Gasteiger partial charge in [-0.15, -0.1) is 0 Å². The van der Waals surface area contributed by atoms with Crippen LogP contribution in [-0.2, 0) is 11.8 Å². The molecular weight excluding hydrogens is 607 g/mol. The Labute approximate surface area is 290 Å². The van der Waals surface area contributed by atoms with Crippen LogP contribution in [0.15, 0.2) is 164 Å². The molecule has 1 aromatic heterocycles. The van der Waals surface area contributed by atoms with E-state index in [-0.39, 0.29) is 0 Å². The van der Waals surface area contributed by atoms with Crippen molar-refractivity contribution in [2.24, 2.45) is 0 Å². The predicted octanol–water partition coefficient (Wildman–Crippen LogP) is 10.8. The Hall–Kier alpha value is -6.45. The summed E-state index contributed by atoms with van der Waals surface area (Å²) in [7, 11) is 0. The highest BCUT2D eigenvalue weighted by Gasteiger charge is 2.53. The SMILES string of the molecule is c1ccc(-c2nc(-c3ccccc3)nc(-c3cccc4c3Cc3ccc5c(c3-4)C3(c4ccccc4-c4ccccc43)c3ccccc3-5)n2)cc1. The van der Waals surface area contributed by atoms with E-state index in [1.165, 1.54) is 66.8 Å². The number of hydrogen-bond donors (Lipinski definition) is 0. The maximum atomic E-state index is 5.15. The van der Waals surface area contributed by atoms with Gasteiger partial charge in [-0.25, -0.2) is 15.0 Å². The molecule has 1 heterocycles. The molecule has 0 amide bonds. The summed E-state index contributed by atoms with van der Waals surface area (Å²) < 4.78 is 0. The molecule has 0 unspecified atom stereocenters. The maximum Gasteiger partial charge on any atom is 0.164 e. The number of fused-ring (bicyclic) bond motifs is 14. The molecule has 50 heavy (non-hydrogen) atoms. The van der Waals surface area contributed by atoms with Gasteiger partial charge in [0.05, 0.1) is 5.41 Å². The Kier molecular flexibility index (Phi) is 5.65. The van der Waals surface area contributed by atoms with Crippen molar-refractivity contribution < 1.29 is 0 Å². The lowest BCUT2D eigenvalue weighted by atomic mass is 9.68. The van der Waals surface area contributed by atoms with Gasteiger partial charge < -0.3 is 0 Å². The van der Waals surface area contributed by atoms with Crippen molar-refractivity contribution in [2.45, 2.75) is 11.8 Å². The van der Waals surface area contributed by atoms with Crippen LogP contribution in [0.1, 0.15) is 33.4 Å². The Bertz CT molecular complexity index is 2550. The lowest BCUT2D eigenvalue weighted by Crippen LogP contribution is -2.26. The molecule has 0 radical (unpaired) electrons. The van der Waals surface area contributed by atoms with Gasteiger partial charge in [-0.05, 0) is 73.2 Å². The quantitative estimate of drug-likeness (QED) is 0.194. The van der Waals surface area contributed by atoms with Gasteiger partial charge in [-0.1, -0.05) is 164 Å². The van der Waals surface area contributed by atoms with Gasteiger partial charge in [0.15, 0.2) is 17.5 Å². The van der Waals surface area contributed by atoms with Crippen molar-refractivity contribution in [3.8, 4) is 67.5 Å². The van der Waals surface area contributed by atoms with Crippen LogP contribution in [0.5, 0.6) is 0 Å². The summed E-state index contributed by atoms with van der Waals surface area (Å²) in [6.07, 6.45) is 0.816. The first-order valence-corrected chi connectivity index (χ1v) is 17.3. The lowest BCUT2D eigenvalue weighted by molar-refractivity contribution is 0.795. The topological polar surface area (TPSA) is 38.7 Å². The van der Waals surface area contributed by atoms with E-state index in [9.17, 15) is 0 Å². The molecule has 1 spiro atoms. The fourth-order valence-electron chi connectivity index (χ4n) is 9.03. The smallest absolute Gasteiger partial charge is 0.164 e. The van der Waals surface area contributed by atoms with Crippen LogP contribution in [0.25, 0.3) is 67.5 Å². The van der Waals surface area contributed by atoms with Gasteiger partial charge in [0.2, 0.25) is 0 Å². The first kappa shape index (κ1) is 27.5. The van der Waals surface area contributed by atoms with Crippen LogP contribution in [0.2, 0.25) is 0 Å². The summed E-state index contributed by atoms with van der Waals surface area (Å²) in [5.74, 6) is 2.06. The van der Waals surface area contributed by atoms with Crippen LogP contribution in [0, 0.1) is 0 Å². The zero-order valence-corrected chi connectivity index (χ0v) is 27.1. The van der Waals surface area contributed by atoms with E-state index in [0.717, 1.165) is 23.1 Å². The first-order chi connectivity index (χ1) is 24.8. The normalized spacial score (nSPS) is 13.7. The van der Waals surface area contributed by atoms with Crippen molar-refractivity contribution in [1.29, 1.82) is 0 Å². The molecule has 0 N–H and O–H groups in total. The van der Waals surface area contributed by atoms with E-state index in [1.54, 1.807) is 0 Å². The second-order valence-corrected chi connectivity index (χ2v) is 13.5. The molecule has 8 aromatic rings. The molecule has 0 bridgehead atoms. The van der Waals surface area contributed by atoms with E-state index < -0.39 is 5.41 Å². The molecule has 11 rings (SSSR count). The standard InChI is InChI=1S/C47H29N3/c1-3-14-29(15-4-1)44-48-45(30-16-5-2-6-17-30)50-46(49-44)37-22-13-21-35-38(37)28-31-26-27-36-34-20-9-12-25-41(34)47(43(36)42(31)35)39-23-10-7-18-32(39)33-19-8-11-24-40(33)47/h1-27H,28H2. The van der Waals surface area contributed by atoms with Crippen LogP contribution in [0.4, 0.5) is 0 Å². The summed E-state index contributed by atoms with van der Waals surface area (Å²) in [6.45, 7) is 0. The van der Waals surface area contributed by atoms with Crippen molar-refractivity contribution in [1.82, 2.24) is 15.0 Å². The Morgan fingerprint density at radius 2 is 0.820 bits per heavy atom. The van der Waals surface area contributed by atoms with E-state index in [0.29, 0.717) is 17.5 Å². The summed E-state index contributed by atoms with van der Waals surface area (Å²) in [4.78, 5) is 15.3. The zero-order valence-electron chi connectivity index (χ0n) is 27.1. The molecule has 0 atom stereocenters. The minimum atomic E-state index is -0.407. The first-order valence-electron chi connectivity index (χ1n) is 17.3. The van der Waals surface area contributed by atoms with Crippen LogP contribution >= 0.6 is 0 Å². The van der Waals surface area contributed by atoms with Gasteiger partial charge in [0, 0.05) is 16.7 Å². The molecule has 3 aliphatic carbocycles. The third kappa shape index (κ3) is 3.61. The molecule has 0 fully saturated rings. The summed E-state index contributed by atoms with van der Waals surface area (Å²) in [5.41, 5.74) is 18.6. The largest absolute Gasteiger partial charge is 0.208 e. The second kappa shape index (κ2) is 10.3. The zero-order chi connectivity index (χ0) is 32.8. The molecule has 3 heteroatoms. The van der Waals surface area contributed by atoms with Gasteiger partial charge in [-0.3, -0.25) is 0 Å². The van der Waals surface area contributed by atoms with E-state index >= 15 is 0 Å². The fourth-order valence-corrected chi connectivity index (χ4v) is 9.03. The number of aromatic nitrogens is 3. The third-order valence-corrected chi connectivity index (χ3v) is 11.0. The average Bonchev–Trinajstić information content (AvgIpc) is 3.82. The average molecular weight is 636 g/mol. The van der Waals surface area contributed by atoms with Gasteiger partial charge in [0.1, 0.15) is 0 Å². The molecule has 0 saturated carbocycles. The van der Waals surface area contributed by atoms with E-state index in [1.807, 2.05) is 36.4 Å². The van der Waals surface area contributed by atoms with Crippen LogP contribution in [-0.4, -0.2) is 15.0 Å². The molecule has 0 aliphatic heterocycles. The minimum absolute atomic E-state index is 0.407. The Morgan fingerprint density at radius 3 is 1.40 bits per heavy atom. The molecule has 232 valence electrons. The van der Waals surface area contributed by atoms with Crippen molar-refractivity contribution in [2.75, 3.05) is 0 Å². The highest BCUT2D eigenvalue weighted by Crippen LogP contribution is 2.65. The molecular formula is C47H29N3. The van der Waals surface area contributed by atoms with Crippen LogP contribution < -0.4 is 0 Å². The second-order valence-electron chi connectivity index (χ2n) is 13.5. The Morgan fingerprint density at radius 1 is 0.360 bits per heavy atom. The third-order valence-electron chi connectivity index (χ3n) is 11.0. The van der Waals surface area contributed by atoms with E-state index in [2.05, 4.69) is 127 Å². The minimum Gasteiger partial charge on any atom is -0.208 e. The fraction of sp³-hybridized carbons (Fsp3) is 0.0426. The molecule has 0 saturated heterocycles. The number of nitrogens with zero attached hydrogens (tertiary/aromatic N) is 3. The number of benzene rings is 7. The Balaban J connectivity index is 1.18. The highest BCUT2D eigenvalue weighted by molar-refractivity contribution is 6.01. The number of hydrogen-bond acceptors (Lipinski definition) is 3. The van der Waals surface area contributed by atoms with Crippen molar-refractivity contribution in [3.63, 3.8) is 0 Å². The van der Waals surface area contributed by atoms with Crippen molar-refractivity contribution in [3.05, 3.63) is 197 Å². The van der Waals surface area contributed by atoms with Crippen molar-refractivity contribution >= 4 is 0 Å². The summed E-state index contributed by atoms with van der Waals surface area (Å²) in [6, 6.07) is 59.0. The molecule has 7 aromatic carbocycles. The monoisotopic (exact) mass is 635 g/mol. The summed E-state index contributed by atoms with van der Waals surface area (Å²) in [5, 5.41) is 0. The van der Waals surface area contributed by atoms with Gasteiger partial charge in [-0.2, -0.15) is 0 Å². The number of rotatable bonds is 3. The molecule has 3 nitrogen and oxygen atoms in total. The maximum absolute atomic E-state index is 5.15. The van der Waals surface area contributed by atoms with Crippen LogP contribution in [0.3, 0.4) is 0 Å². The highest BCUT2D eigenvalue weighted by atomic mass is 15.0. The van der Waals surface area contributed by atoms with Gasteiger partial charge in [0.25, 0.3) is 0 Å². The summed E-state index contributed by atoms with van der Waals surface area (Å²) >= 11 is 0. The molecule has 3 aliphatic rings.